The van der Waals surface area contributed by atoms with Gasteiger partial charge < -0.3 is 10.6 Å². The van der Waals surface area contributed by atoms with Crippen LogP contribution in [0.15, 0.2) is 30.3 Å². The molecule has 3 rings (SSSR count). The lowest BCUT2D eigenvalue weighted by Gasteiger charge is -2.25. The van der Waals surface area contributed by atoms with Gasteiger partial charge in [0.05, 0.1) is 5.52 Å². The highest BCUT2D eigenvalue weighted by Gasteiger charge is 2.30. The summed E-state index contributed by atoms with van der Waals surface area (Å²) in [5.74, 6) is 1.14. The molecule has 3 heteroatoms. The molecule has 2 aromatic rings. The maximum Gasteiger partial charge on any atom is 0.132 e. The predicted octanol–water partition coefficient (Wildman–Crippen LogP) is 3.11. The molecule has 1 aromatic carbocycles. The molecule has 1 unspecified atom stereocenters. The second-order valence-corrected chi connectivity index (χ2v) is 5.86. The summed E-state index contributed by atoms with van der Waals surface area (Å²) in [4.78, 5) is 7.38. The third kappa shape index (κ3) is 2.63. The average molecular weight is 269 g/mol. The fourth-order valence-corrected chi connectivity index (χ4v) is 2.86. The molecule has 20 heavy (non-hydrogen) atoms. The number of anilines is 1. The first-order valence-corrected chi connectivity index (χ1v) is 7.60. The van der Waals surface area contributed by atoms with Crippen molar-refractivity contribution < 1.29 is 0 Å². The number of hydrogen-bond acceptors (Lipinski definition) is 3. The van der Waals surface area contributed by atoms with Crippen LogP contribution < -0.4 is 10.6 Å². The fraction of sp³-hybridized carbons (Fsp3) is 0.471. The third-order valence-electron chi connectivity index (χ3n) is 3.92. The molecule has 1 atom stereocenters. The summed E-state index contributed by atoms with van der Waals surface area (Å²) in [5.41, 5.74) is 8.39. The van der Waals surface area contributed by atoms with Gasteiger partial charge in [-0.1, -0.05) is 18.2 Å². The molecule has 1 aromatic heterocycles. The van der Waals surface area contributed by atoms with Crippen LogP contribution >= 0.6 is 0 Å². The van der Waals surface area contributed by atoms with Crippen molar-refractivity contribution in [1.29, 1.82) is 0 Å². The molecule has 0 spiro atoms. The van der Waals surface area contributed by atoms with Crippen molar-refractivity contribution in [2.24, 2.45) is 5.73 Å². The molecule has 0 radical (unpaired) electrons. The van der Waals surface area contributed by atoms with Crippen LogP contribution in [0.3, 0.4) is 0 Å². The van der Waals surface area contributed by atoms with Gasteiger partial charge in [-0.05, 0) is 50.8 Å². The van der Waals surface area contributed by atoms with Crippen molar-refractivity contribution in [1.82, 2.24) is 4.98 Å². The average Bonchev–Trinajstić information content (AvgIpc) is 3.24. The van der Waals surface area contributed by atoms with Gasteiger partial charge in [-0.3, -0.25) is 0 Å². The van der Waals surface area contributed by atoms with Gasteiger partial charge in [0.1, 0.15) is 5.82 Å². The first-order chi connectivity index (χ1) is 9.69. The standard InChI is InChI=1S/C17H23N3/c1-3-20(15-8-9-15)17-14(10-12(2)18)11-13-6-4-5-7-16(13)19-17/h4-7,11-12,15H,3,8-10,18H2,1-2H3. The minimum Gasteiger partial charge on any atom is -0.354 e. The van der Waals surface area contributed by atoms with E-state index in [1.54, 1.807) is 0 Å². The topological polar surface area (TPSA) is 42.2 Å². The van der Waals surface area contributed by atoms with Gasteiger partial charge in [-0.15, -0.1) is 0 Å². The van der Waals surface area contributed by atoms with E-state index >= 15 is 0 Å². The first-order valence-electron chi connectivity index (χ1n) is 7.60. The summed E-state index contributed by atoms with van der Waals surface area (Å²) in [6.45, 7) is 5.29. The lowest BCUT2D eigenvalue weighted by atomic mass is 10.0. The zero-order valence-corrected chi connectivity index (χ0v) is 12.3. The van der Waals surface area contributed by atoms with Gasteiger partial charge in [-0.2, -0.15) is 0 Å². The van der Waals surface area contributed by atoms with Gasteiger partial charge in [0.15, 0.2) is 0 Å². The van der Waals surface area contributed by atoms with Gasteiger partial charge in [0, 0.05) is 24.0 Å². The Hall–Kier alpha value is -1.61. The Morgan fingerprint density at radius 3 is 2.75 bits per heavy atom. The van der Waals surface area contributed by atoms with Crippen LogP contribution in [0.1, 0.15) is 32.3 Å². The number of hydrogen-bond donors (Lipinski definition) is 1. The molecule has 3 nitrogen and oxygen atoms in total. The Kier molecular flexibility index (Phi) is 3.62. The number of fused-ring (bicyclic) bond motifs is 1. The van der Waals surface area contributed by atoms with E-state index in [4.69, 9.17) is 10.7 Å². The minimum absolute atomic E-state index is 0.162. The lowest BCUT2D eigenvalue weighted by Crippen LogP contribution is -2.28. The van der Waals surface area contributed by atoms with Crippen LogP contribution in [-0.4, -0.2) is 23.6 Å². The van der Waals surface area contributed by atoms with Crippen LogP contribution in [-0.2, 0) is 6.42 Å². The van der Waals surface area contributed by atoms with Crippen molar-refractivity contribution in [3.05, 3.63) is 35.9 Å². The zero-order valence-electron chi connectivity index (χ0n) is 12.3. The SMILES string of the molecule is CCN(c1nc2ccccc2cc1CC(C)N)C1CC1. The number of nitrogens with zero attached hydrogens (tertiary/aromatic N) is 2. The summed E-state index contributed by atoms with van der Waals surface area (Å²) < 4.78 is 0. The lowest BCUT2D eigenvalue weighted by molar-refractivity contribution is 0.724. The number of nitrogens with two attached hydrogens (primary N) is 1. The van der Waals surface area contributed by atoms with Crippen LogP contribution in [0, 0.1) is 0 Å². The number of benzene rings is 1. The molecule has 0 saturated heterocycles. The Morgan fingerprint density at radius 2 is 2.10 bits per heavy atom. The van der Waals surface area contributed by atoms with Crippen molar-refractivity contribution in [3.63, 3.8) is 0 Å². The predicted molar refractivity (Wildman–Crippen MR) is 85.1 cm³/mol. The highest BCUT2D eigenvalue weighted by molar-refractivity contribution is 5.82. The molecule has 1 aliphatic rings. The smallest absolute Gasteiger partial charge is 0.132 e. The number of para-hydroxylation sites is 1. The fourth-order valence-electron chi connectivity index (χ4n) is 2.86. The summed E-state index contributed by atoms with van der Waals surface area (Å²) in [7, 11) is 0. The minimum atomic E-state index is 0.162. The highest BCUT2D eigenvalue weighted by atomic mass is 15.2. The van der Waals surface area contributed by atoms with Crippen LogP contribution in [0.5, 0.6) is 0 Å². The Bertz CT molecular complexity index is 602. The summed E-state index contributed by atoms with van der Waals surface area (Å²) in [6, 6.07) is 11.5. The highest BCUT2D eigenvalue weighted by Crippen LogP contribution is 2.34. The van der Waals surface area contributed by atoms with Gasteiger partial charge in [-0.25, -0.2) is 4.98 Å². The Labute approximate surface area is 120 Å². The summed E-state index contributed by atoms with van der Waals surface area (Å²) >= 11 is 0. The Balaban J connectivity index is 2.10. The van der Waals surface area contributed by atoms with Crippen molar-refractivity contribution in [2.45, 2.75) is 45.2 Å². The molecule has 1 heterocycles. The van der Waals surface area contributed by atoms with E-state index in [1.807, 2.05) is 0 Å². The van der Waals surface area contributed by atoms with E-state index in [-0.39, 0.29) is 6.04 Å². The second kappa shape index (κ2) is 5.41. The molecule has 1 saturated carbocycles. The van der Waals surface area contributed by atoms with E-state index in [1.165, 1.54) is 23.8 Å². The monoisotopic (exact) mass is 269 g/mol. The molecule has 1 fully saturated rings. The molecule has 1 aliphatic carbocycles. The van der Waals surface area contributed by atoms with Crippen LogP contribution in [0.4, 0.5) is 5.82 Å². The third-order valence-corrected chi connectivity index (χ3v) is 3.92. The van der Waals surface area contributed by atoms with E-state index in [0.29, 0.717) is 6.04 Å². The second-order valence-electron chi connectivity index (χ2n) is 5.86. The molecular formula is C17H23N3. The van der Waals surface area contributed by atoms with E-state index in [0.717, 1.165) is 24.3 Å². The molecule has 0 bridgehead atoms. The maximum atomic E-state index is 6.02. The normalized spacial score (nSPS) is 16.4. The van der Waals surface area contributed by atoms with Crippen molar-refractivity contribution >= 4 is 16.7 Å². The van der Waals surface area contributed by atoms with Crippen molar-refractivity contribution in [3.8, 4) is 0 Å². The van der Waals surface area contributed by atoms with Crippen molar-refractivity contribution in [2.75, 3.05) is 11.4 Å². The Morgan fingerprint density at radius 1 is 1.35 bits per heavy atom. The molecule has 0 amide bonds. The van der Waals surface area contributed by atoms with E-state index < -0.39 is 0 Å². The van der Waals surface area contributed by atoms with Gasteiger partial charge >= 0.3 is 0 Å². The van der Waals surface area contributed by atoms with Crippen LogP contribution in [0.25, 0.3) is 10.9 Å². The quantitative estimate of drug-likeness (QED) is 0.907. The number of pyridine rings is 1. The summed E-state index contributed by atoms with van der Waals surface area (Å²) in [5, 5.41) is 1.21. The molecule has 2 N–H and O–H groups in total. The number of rotatable bonds is 5. The van der Waals surface area contributed by atoms with Crippen LogP contribution in [0.2, 0.25) is 0 Å². The first kappa shape index (κ1) is 13.4. The molecule has 106 valence electrons. The van der Waals surface area contributed by atoms with Gasteiger partial charge in [0.25, 0.3) is 0 Å². The maximum absolute atomic E-state index is 6.02. The largest absolute Gasteiger partial charge is 0.354 e. The zero-order chi connectivity index (χ0) is 14.1. The van der Waals surface area contributed by atoms with E-state index in [2.05, 4.69) is 49.1 Å². The van der Waals surface area contributed by atoms with E-state index in [9.17, 15) is 0 Å². The molecular weight excluding hydrogens is 246 g/mol. The molecule has 0 aliphatic heterocycles. The number of aromatic nitrogens is 1. The summed E-state index contributed by atoms with van der Waals surface area (Å²) in [6.07, 6.45) is 3.47. The van der Waals surface area contributed by atoms with Gasteiger partial charge in [0.2, 0.25) is 0 Å².